The number of hydrogen-bond donors (Lipinski definition) is 0. The molecule has 0 radical (unpaired) electrons. The molecule has 0 N–H and O–H groups in total. The molecular formula is C17H26N2O. The molecule has 0 saturated carbocycles. The lowest BCUT2D eigenvalue weighted by Crippen LogP contribution is -2.34. The van der Waals surface area contributed by atoms with Crippen LogP contribution in [0.4, 0.5) is 0 Å². The molecule has 3 nitrogen and oxygen atoms in total. The fraction of sp³-hybridized carbons (Fsp3) is 0.588. The van der Waals surface area contributed by atoms with Gasteiger partial charge < -0.3 is 9.80 Å². The first kappa shape index (κ1) is 15.0. The zero-order valence-corrected chi connectivity index (χ0v) is 13.3. The number of rotatable bonds is 2. The van der Waals surface area contributed by atoms with Crippen LogP contribution in [0, 0.1) is 0 Å². The molecule has 1 atom stereocenters. The van der Waals surface area contributed by atoms with Crippen molar-refractivity contribution in [2.24, 2.45) is 0 Å². The van der Waals surface area contributed by atoms with Gasteiger partial charge in [-0.1, -0.05) is 32.9 Å². The fourth-order valence-corrected chi connectivity index (χ4v) is 2.64. The van der Waals surface area contributed by atoms with Crippen LogP contribution in [0.15, 0.2) is 24.3 Å². The maximum absolute atomic E-state index is 12.5. The number of likely N-dealkylation sites (tertiary alicyclic amines) is 1. The van der Waals surface area contributed by atoms with Gasteiger partial charge in [0.15, 0.2) is 0 Å². The van der Waals surface area contributed by atoms with Crippen molar-refractivity contribution in [2.75, 3.05) is 27.2 Å². The summed E-state index contributed by atoms with van der Waals surface area (Å²) >= 11 is 0. The van der Waals surface area contributed by atoms with Crippen molar-refractivity contribution in [3.8, 4) is 0 Å². The highest BCUT2D eigenvalue weighted by molar-refractivity contribution is 5.94. The van der Waals surface area contributed by atoms with E-state index in [1.54, 1.807) is 0 Å². The lowest BCUT2D eigenvalue weighted by molar-refractivity contribution is 0.0783. The smallest absolute Gasteiger partial charge is 0.253 e. The highest BCUT2D eigenvalue weighted by Crippen LogP contribution is 2.23. The molecule has 1 unspecified atom stereocenters. The summed E-state index contributed by atoms with van der Waals surface area (Å²) < 4.78 is 0. The van der Waals surface area contributed by atoms with E-state index in [9.17, 15) is 4.79 Å². The van der Waals surface area contributed by atoms with E-state index >= 15 is 0 Å². The second-order valence-electron chi connectivity index (χ2n) is 6.98. The van der Waals surface area contributed by atoms with Gasteiger partial charge >= 0.3 is 0 Å². The number of benzene rings is 1. The maximum Gasteiger partial charge on any atom is 0.253 e. The average Bonchev–Trinajstić information content (AvgIpc) is 2.86. The Morgan fingerprint density at radius 1 is 1.20 bits per heavy atom. The first-order valence-corrected chi connectivity index (χ1v) is 7.35. The summed E-state index contributed by atoms with van der Waals surface area (Å²) in [6.07, 6.45) is 1.07. The molecule has 3 heteroatoms. The molecule has 0 aliphatic carbocycles. The summed E-state index contributed by atoms with van der Waals surface area (Å²) in [5.74, 6) is 0.162. The summed E-state index contributed by atoms with van der Waals surface area (Å²) in [5.41, 5.74) is 2.20. The molecule has 1 saturated heterocycles. The van der Waals surface area contributed by atoms with E-state index in [1.807, 2.05) is 17.0 Å². The summed E-state index contributed by atoms with van der Waals surface area (Å²) in [7, 11) is 4.16. The summed E-state index contributed by atoms with van der Waals surface area (Å²) in [4.78, 5) is 16.7. The highest BCUT2D eigenvalue weighted by Gasteiger charge is 2.28. The van der Waals surface area contributed by atoms with Gasteiger partial charge in [0.1, 0.15) is 0 Å². The van der Waals surface area contributed by atoms with Gasteiger partial charge in [0.25, 0.3) is 5.91 Å². The van der Waals surface area contributed by atoms with Crippen LogP contribution in [0.5, 0.6) is 0 Å². The van der Waals surface area contributed by atoms with Gasteiger partial charge in [-0.05, 0) is 43.6 Å². The van der Waals surface area contributed by atoms with Crippen LogP contribution in [-0.2, 0) is 5.41 Å². The molecule has 110 valence electrons. The van der Waals surface area contributed by atoms with Crippen molar-refractivity contribution in [3.63, 3.8) is 0 Å². The minimum atomic E-state index is 0.130. The largest absolute Gasteiger partial charge is 0.337 e. The van der Waals surface area contributed by atoms with Crippen molar-refractivity contribution in [1.82, 2.24) is 9.80 Å². The molecule has 20 heavy (non-hydrogen) atoms. The van der Waals surface area contributed by atoms with Crippen LogP contribution < -0.4 is 0 Å². The number of hydrogen-bond acceptors (Lipinski definition) is 2. The van der Waals surface area contributed by atoms with Crippen molar-refractivity contribution in [1.29, 1.82) is 0 Å². The van der Waals surface area contributed by atoms with Crippen molar-refractivity contribution < 1.29 is 4.79 Å². The van der Waals surface area contributed by atoms with Gasteiger partial charge in [-0.2, -0.15) is 0 Å². The van der Waals surface area contributed by atoms with E-state index in [2.05, 4.69) is 51.9 Å². The number of nitrogens with zero attached hydrogens (tertiary/aromatic N) is 2. The van der Waals surface area contributed by atoms with E-state index in [0.29, 0.717) is 6.04 Å². The molecule has 1 heterocycles. The molecule has 2 rings (SSSR count). The van der Waals surface area contributed by atoms with E-state index in [-0.39, 0.29) is 11.3 Å². The van der Waals surface area contributed by atoms with Crippen LogP contribution in [0.25, 0.3) is 0 Å². The number of carbonyl (C=O) groups is 1. The molecule has 0 bridgehead atoms. The maximum atomic E-state index is 12.5. The Kier molecular flexibility index (Phi) is 4.19. The van der Waals surface area contributed by atoms with Gasteiger partial charge in [0.2, 0.25) is 0 Å². The predicted molar refractivity (Wildman–Crippen MR) is 83.1 cm³/mol. The second-order valence-corrected chi connectivity index (χ2v) is 6.98. The van der Waals surface area contributed by atoms with Gasteiger partial charge in [-0.3, -0.25) is 4.79 Å². The van der Waals surface area contributed by atoms with Crippen LogP contribution in [-0.4, -0.2) is 48.9 Å². The predicted octanol–water partition coefficient (Wildman–Crippen LogP) is 2.76. The molecule has 0 aromatic heterocycles. The fourth-order valence-electron chi connectivity index (χ4n) is 2.64. The highest BCUT2D eigenvalue weighted by atomic mass is 16.2. The Balaban J connectivity index is 2.07. The van der Waals surface area contributed by atoms with Crippen molar-refractivity contribution in [3.05, 3.63) is 35.4 Å². The minimum Gasteiger partial charge on any atom is -0.337 e. The van der Waals surface area contributed by atoms with Gasteiger partial charge in [0.05, 0.1) is 0 Å². The molecular weight excluding hydrogens is 248 g/mol. The molecule has 1 aromatic carbocycles. The van der Waals surface area contributed by atoms with Crippen molar-refractivity contribution in [2.45, 2.75) is 38.6 Å². The topological polar surface area (TPSA) is 23.6 Å². The summed E-state index contributed by atoms with van der Waals surface area (Å²) in [5, 5.41) is 0. The molecule has 1 aromatic rings. The minimum absolute atomic E-state index is 0.130. The zero-order valence-electron chi connectivity index (χ0n) is 13.3. The Bertz CT molecular complexity index is 471. The van der Waals surface area contributed by atoms with Crippen molar-refractivity contribution >= 4 is 5.91 Å². The Morgan fingerprint density at radius 2 is 1.80 bits per heavy atom. The Labute approximate surface area is 122 Å². The molecule has 0 spiro atoms. The molecule has 1 fully saturated rings. The third-order valence-corrected chi connectivity index (χ3v) is 4.18. The average molecular weight is 274 g/mol. The van der Waals surface area contributed by atoms with Crippen LogP contribution in [0.1, 0.15) is 43.1 Å². The van der Waals surface area contributed by atoms with E-state index in [1.165, 1.54) is 5.56 Å². The number of amides is 1. The second kappa shape index (κ2) is 5.57. The van der Waals surface area contributed by atoms with Gasteiger partial charge in [0, 0.05) is 24.7 Å². The third-order valence-electron chi connectivity index (χ3n) is 4.18. The Hall–Kier alpha value is -1.35. The van der Waals surface area contributed by atoms with Crippen LogP contribution >= 0.6 is 0 Å². The number of carbonyl (C=O) groups excluding carboxylic acids is 1. The van der Waals surface area contributed by atoms with Crippen LogP contribution in [0.3, 0.4) is 0 Å². The van der Waals surface area contributed by atoms with Gasteiger partial charge in [-0.15, -0.1) is 0 Å². The van der Waals surface area contributed by atoms with Gasteiger partial charge in [-0.25, -0.2) is 0 Å². The SMILES string of the molecule is CN(C)C1CCN(C(=O)c2ccc(C(C)(C)C)cc2)C1. The lowest BCUT2D eigenvalue weighted by atomic mass is 9.86. The zero-order chi connectivity index (χ0) is 14.9. The number of likely N-dealkylation sites (N-methyl/N-ethyl adjacent to an activating group) is 1. The summed E-state index contributed by atoms with van der Waals surface area (Å²) in [6, 6.07) is 8.57. The molecule has 1 aliphatic heterocycles. The lowest BCUT2D eigenvalue weighted by Gasteiger charge is -2.21. The normalized spacial score (nSPS) is 19.7. The van der Waals surface area contributed by atoms with E-state index in [4.69, 9.17) is 0 Å². The standard InChI is InChI=1S/C17H26N2O/c1-17(2,3)14-8-6-13(7-9-14)16(20)19-11-10-15(12-19)18(4)5/h6-9,15H,10-12H2,1-5H3. The Morgan fingerprint density at radius 3 is 2.25 bits per heavy atom. The molecule has 1 aliphatic rings. The first-order valence-electron chi connectivity index (χ1n) is 7.35. The monoisotopic (exact) mass is 274 g/mol. The first-order chi connectivity index (χ1) is 9.29. The summed E-state index contributed by atoms with van der Waals surface area (Å²) in [6.45, 7) is 8.26. The van der Waals surface area contributed by atoms with E-state index < -0.39 is 0 Å². The quantitative estimate of drug-likeness (QED) is 0.828. The molecule has 1 amide bonds. The third kappa shape index (κ3) is 3.21. The van der Waals surface area contributed by atoms with E-state index in [0.717, 1.165) is 25.1 Å². The van der Waals surface area contributed by atoms with Crippen LogP contribution in [0.2, 0.25) is 0 Å².